The number of hydrogen-bond donors (Lipinski definition) is 2. The maximum Gasteiger partial charge on any atom is 0.325 e. The molecule has 1 saturated heterocycles. The Morgan fingerprint density at radius 1 is 1.35 bits per heavy atom. The minimum absolute atomic E-state index is 0.303. The average molecular weight is 377 g/mol. The van der Waals surface area contributed by atoms with Gasteiger partial charge in [0, 0.05) is 18.6 Å². The zero-order chi connectivity index (χ0) is 18.8. The molecular weight excluding hydrogens is 356 g/mol. The predicted octanol–water partition coefficient (Wildman–Crippen LogP) is 1.47. The number of nitrogens with zero attached hydrogens (tertiary/aromatic N) is 4. The van der Waals surface area contributed by atoms with E-state index in [0.717, 1.165) is 5.56 Å². The van der Waals surface area contributed by atoms with Gasteiger partial charge >= 0.3 is 6.03 Å². The van der Waals surface area contributed by atoms with E-state index in [1.807, 2.05) is 17.0 Å². The molecule has 9 heteroatoms. The highest BCUT2D eigenvalue weighted by Crippen LogP contribution is 2.24. The number of nitrogens with one attached hydrogen (secondary N) is 2. The van der Waals surface area contributed by atoms with Gasteiger partial charge < -0.3 is 9.80 Å². The van der Waals surface area contributed by atoms with Gasteiger partial charge in [-0.3, -0.25) is 10.1 Å². The summed E-state index contributed by atoms with van der Waals surface area (Å²) in [6.45, 7) is 4.72. The van der Waals surface area contributed by atoms with Gasteiger partial charge in [-0.25, -0.2) is 15.2 Å². The Morgan fingerprint density at radius 2 is 2.04 bits per heavy atom. The van der Waals surface area contributed by atoms with Crippen molar-refractivity contribution in [2.24, 2.45) is 16.0 Å². The Labute approximate surface area is 156 Å². The van der Waals surface area contributed by atoms with Crippen molar-refractivity contribution in [3.8, 4) is 0 Å². The standard InChI is InChI=1S/C17H21ClN6O2/c1-10(2)9-24-13-14(23(3)17(26)21-15(13)25)20-16(24)22-19-8-11-4-6-12(18)7-5-11/h4-8,10,13-14H,9H2,1-3H3,(H,20,22)(H,21,25,26)/b19-8+. The van der Waals surface area contributed by atoms with Gasteiger partial charge in [-0.15, -0.1) is 0 Å². The highest BCUT2D eigenvalue weighted by molar-refractivity contribution is 6.30. The third-order valence-corrected chi connectivity index (χ3v) is 4.42. The molecule has 0 bridgehead atoms. The van der Waals surface area contributed by atoms with Gasteiger partial charge in [0.05, 0.1) is 6.21 Å². The number of benzene rings is 1. The molecule has 1 aromatic rings. The molecule has 2 atom stereocenters. The number of hydrogen-bond acceptors (Lipinski definition) is 6. The van der Waals surface area contributed by atoms with Gasteiger partial charge in [-0.05, 0) is 23.6 Å². The Balaban J connectivity index is 1.79. The first kappa shape index (κ1) is 18.2. The third kappa shape index (κ3) is 3.65. The number of hydrazone groups is 1. The smallest absolute Gasteiger partial charge is 0.325 e. The Bertz CT molecular complexity index is 761. The van der Waals surface area contributed by atoms with Crippen LogP contribution in [0.1, 0.15) is 19.4 Å². The van der Waals surface area contributed by atoms with Crippen LogP contribution in [-0.4, -0.2) is 59.7 Å². The van der Waals surface area contributed by atoms with Crippen LogP contribution in [0.5, 0.6) is 0 Å². The largest absolute Gasteiger partial charge is 0.325 e. The van der Waals surface area contributed by atoms with Gasteiger partial charge in [-0.1, -0.05) is 37.6 Å². The molecule has 2 unspecified atom stereocenters. The molecule has 3 amide bonds. The van der Waals surface area contributed by atoms with Crippen LogP contribution < -0.4 is 10.7 Å². The molecule has 2 aliphatic heterocycles. The highest BCUT2D eigenvalue weighted by atomic mass is 35.5. The molecule has 26 heavy (non-hydrogen) atoms. The van der Waals surface area contributed by atoms with Crippen LogP contribution in [0.25, 0.3) is 0 Å². The SMILES string of the molecule is CC(C)CN1C(N/N=C/c2ccc(Cl)cc2)=NC2C1C(=O)NC(=O)N2C. The van der Waals surface area contributed by atoms with Gasteiger partial charge in [0.15, 0.2) is 12.2 Å². The molecule has 0 spiro atoms. The summed E-state index contributed by atoms with van der Waals surface area (Å²) in [6, 6.07) is 6.23. The maximum atomic E-state index is 12.3. The number of aliphatic imine (C=N–C) groups is 1. The molecule has 2 aliphatic rings. The fraction of sp³-hybridized carbons (Fsp3) is 0.412. The quantitative estimate of drug-likeness (QED) is 0.615. The topological polar surface area (TPSA) is 89.4 Å². The summed E-state index contributed by atoms with van der Waals surface area (Å²) in [5.74, 6) is 0.424. The van der Waals surface area contributed by atoms with E-state index in [-0.39, 0.29) is 5.91 Å². The van der Waals surface area contributed by atoms with Crippen LogP contribution in [0.4, 0.5) is 4.79 Å². The number of amides is 3. The summed E-state index contributed by atoms with van der Waals surface area (Å²) in [7, 11) is 1.62. The third-order valence-electron chi connectivity index (χ3n) is 4.17. The van der Waals surface area contributed by atoms with Crippen molar-refractivity contribution in [3.63, 3.8) is 0 Å². The lowest BCUT2D eigenvalue weighted by atomic mass is 10.1. The minimum atomic E-state index is -0.566. The summed E-state index contributed by atoms with van der Waals surface area (Å²) < 4.78 is 0. The predicted molar refractivity (Wildman–Crippen MR) is 100 cm³/mol. The lowest BCUT2D eigenvalue weighted by molar-refractivity contribution is -0.127. The van der Waals surface area contributed by atoms with Gasteiger partial charge in [0.25, 0.3) is 5.91 Å². The van der Waals surface area contributed by atoms with Gasteiger partial charge in [0.2, 0.25) is 5.96 Å². The highest BCUT2D eigenvalue weighted by Gasteiger charge is 2.48. The zero-order valence-electron chi connectivity index (χ0n) is 14.8. The molecule has 0 radical (unpaired) electrons. The van der Waals surface area contributed by atoms with E-state index < -0.39 is 18.2 Å². The molecule has 2 heterocycles. The fourth-order valence-electron chi connectivity index (χ4n) is 2.93. The molecule has 8 nitrogen and oxygen atoms in total. The van der Waals surface area contributed by atoms with E-state index in [4.69, 9.17) is 11.6 Å². The lowest BCUT2D eigenvalue weighted by Gasteiger charge is -2.36. The first-order valence-electron chi connectivity index (χ1n) is 8.33. The normalized spacial score (nSPS) is 22.7. The van der Waals surface area contributed by atoms with E-state index in [0.29, 0.717) is 23.4 Å². The van der Waals surface area contributed by atoms with Crippen molar-refractivity contribution >= 4 is 35.7 Å². The number of likely N-dealkylation sites (N-methyl/N-ethyl adjacent to an activating group) is 1. The Morgan fingerprint density at radius 3 is 2.69 bits per heavy atom. The molecule has 1 aromatic carbocycles. The second kappa shape index (κ2) is 7.33. The number of carbonyl (C=O) groups excluding carboxylic acids is 2. The molecule has 0 saturated carbocycles. The monoisotopic (exact) mass is 376 g/mol. The van der Waals surface area contributed by atoms with Crippen LogP contribution in [-0.2, 0) is 4.79 Å². The van der Waals surface area contributed by atoms with Gasteiger partial charge in [-0.2, -0.15) is 5.10 Å². The summed E-state index contributed by atoms with van der Waals surface area (Å²) in [6.07, 6.45) is 1.08. The fourth-order valence-corrected chi connectivity index (χ4v) is 3.05. The summed E-state index contributed by atoms with van der Waals surface area (Å²) in [5, 5.41) is 7.23. The van der Waals surface area contributed by atoms with Crippen molar-refractivity contribution in [2.45, 2.75) is 26.1 Å². The van der Waals surface area contributed by atoms with Crippen LogP contribution >= 0.6 is 11.6 Å². The number of fused-ring (bicyclic) bond motifs is 1. The van der Waals surface area contributed by atoms with Gasteiger partial charge in [0.1, 0.15) is 0 Å². The number of urea groups is 1. The van der Waals surface area contributed by atoms with Crippen molar-refractivity contribution in [1.82, 2.24) is 20.5 Å². The number of carbonyl (C=O) groups is 2. The van der Waals surface area contributed by atoms with Crippen molar-refractivity contribution in [2.75, 3.05) is 13.6 Å². The van der Waals surface area contributed by atoms with E-state index >= 15 is 0 Å². The van der Waals surface area contributed by atoms with E-state index in [1.54, 1.807) is 25.4 Å². The Kier molecular flexibility index (Phi) is 5.13. The first-order chi connectivity index (χ1) is 12.4. The maximum absolute atomic E-state index is 12.3. The average Bonchev–Trinajstić information content (AvgIpc) is 2.93. The lowest BCUT2D eigenvalue weighted by Crippen LogP contribution is -2.64. The van der Waals surface area contributed by atoms with Crippen molar-refractivity contribution < 1.29 is 9.59 Å². The number of imide groups is 1. The first-order valence-corrected chi connectivity index (χ1v) is 8.71. The van der Waals surface area contributed by atoms with E-state index in [2.05, 4.69) is 34.7 Å². The molecule has 0 aromatic heterocycles. The van der Waals surface area contributed by atoms with Crippen molar-refractivity contribution in [1.29, 1.82) is 0 Å². The number of halogens is 1. The number of rotatable bonds is 4. The van der Waals surface area contributed by atoms with E-state index in [9.17, 15) is 9.59 Å². The zero-order valence-corrected chi connectivity index (χ0v) is 15.6. The van der Waals surface area contributed by atoms with Crippen LogP contribution in [0.3, 0.4) is 0 Å². The molecule has 2 N–H and O–H groups in total. The summed E-state index contributed by atoms with van der Waals surface area (Å²) >= 11 is 5.87. The summed E-state index contributed by atoms with van der Waals surface area (Å²) in [5.41, 5.74) is 3.78. The van der Waals surface area contributed by atoms with Crippen LogP contribution in [0, 0.1) is 5.92 Å². The van der Waals surface area contributed by atoms with Crippen LogP contribution in [0.15, 0.2) is 34.4 Å². The second-order valence-corrected chi connectivity index (χ2v) is 7.12. The second-order valence-electron chi connectivity index (χ2n) is 6.68. The molecule has 3 rings (SSSR count). The molecular formula is C17H21ClN6O2. The molecule has 1 fully saturated rings. The van der Waals surface area contributed by atoms with Crippen molar-refractivity contribution in [3.05, 3.63) is 34.9 Å². The summed E-state index contributed by atoms with van der Waals surface area (Å²) in [4.78, 5) is 32.0. The van der Waals surface area contributed by atoms with E-state index in [1.165, 1.54) is 4.90 Å². The Hall–Kier alpha value is -2.61. The number of guanidine groups is 1. The molecule has 0 aliphatic carbocycles. The minimum Gasteiger partial charge on any atom is -0.325 e. The van der Waals surface area contributed by atoms with Crippen LogP contribution in [0.2, 0.25) is 5.02 Å². The molecule has 138 valence electrons.